The minimum Gasteiger partial charge on any atom is -0.512 e. The molecule has 5 rings (SSSR count). The number of nitrogens with zero attached hydrogens (tertiary/aromatic N) is 3. The molecule has 178 valence electrons. The van der Waals surface area contributed by atoms with E-state index in [-0.39, 0.29) is 17.6 Å². The van der Waals surface area contributed by atoms with Crippen LogP contribution in [0.15, 0.2) is 79.1 Å². The fourth-order valence-corrected chi connectivity index (χ4v) is 4.62. The largest absolute Gasteiger partial charge is 0.512 e. The summed E-state index contributed by atoms with van der Waals surface area (Å²) in [5.41, 5.74) is 2.35. The van der Waals surface area contributed by atoms with Crippen LogP contribution >= 0.6 is 11.3 Å². The van der Waals surface area contributed by atoms with Crippen molar-refractivity contribution in [2.75, 3.05) is 11.9 Å². The fourth-order valence-electron chi connectivity index (χ4n) is 3.88. The number of benzene rings is 3. The Hall–Kier alpha value is -4.68. The van der Waals surface area contributed by atoms with E-state index in [1.807, 2.05) is 30.3 Å². The van der Waals surface area contributed by atoms with Gasteiger partial charge >= 0.3 is 0 Å². The van der Waals surface area contributed by atoms with Crippen LogP contribution in [0, 0.1) is 11.3 Å². The highest BCUT2D eigenvalue weighted by molar-refractivity contribution is 7.18. The van der Waals surface area contributed by atoms with E-state index in [9.17, 15) is 15.2 Å². The Bertz CT molecular complexity index is 1480. The molecule has 9 heteroatoms. The van der Waals surface area contributed by atoms with Crippen LogP contribution in [0.1, 0.15) is 33.8 Å². The predicted molar refractivity (Wildman–Crippen MR) is 136 cm³/mol. The summed E-state index contributed by atoms with van der Waals surface area (Å²) >= 11 is 1.29. The van der Waals surface area contributed by atoms with Crippen LogP contribution in [0.3, 0.4) is 0 Å². The minimum atomic E-state index is -0.326. The van der Waals surface area contributed by atoms with Gasteiger partial charge in [-0.1, -0.05) is 48.2 Å². The zero-order chi connectivity index (χ0) is 25.1. The smallest absolute Gasteiger partial charge is 0.257 e. The van der Waals surface area contributed by atoms with Gasteiger partial charge in [-0.3, -0.25) is 10.1 Å². The molecule has 2 N–H and O–H groups in total. The number of aromatic nitrogens is 2. The molecule has 0 bridgehead atoms. The summed E-state index contributed by atoms with van der Waals surface area (Å²) in [6.07, 6.45) is 0.585. The van der Waals surface area contributed by atoms with Crippen molar-refractivity contribution in [3.05, 3.63) is 95.8 Å². The third-order valence-corrected chi connectivity index (χ3v) is 6.57. The third-order valence-electron chi connectivity index (χ3n) is 5.68. The van der Waals surface area contributed by atoms with Crippen molar-refractivity contribution >= 4 is 22.4 Å². The maximum atomic E-state index is 12.7. The Balaban J connectivity index is 1.29. The molecule has 3 aromatic carbocycles. The second-order valence-corrected chi connectivity index (χ2v) is 9.02. The highest BCUT2D eigenvalue weighted by Crippen LogP contribution is 2.41. The summed E-state index contributed by atoms with van der Waals surface area (Å²) in [5, 5.41) is 31.6. The Morgan fingerprint density at radius 1 is 1.17 bits per heavy atom. The second kappa shape index (κ2) is 9.90. The molecule has 1 unspecified atom stereocenters. The van der Waals surface area contributed by atoms with Crippen molar-refractivity contribution in [2.45, 2.75) is 12.3 Å². The number of amides is 1. The van der Waals surface area contributed by atoms with Crippen LogP contribution < -0.4 is 14.8 Å². The molecular weight excluding hydrogens is 476 g/mol. The minimum absolute atomic E-state index is 0.0378. The van der Waals surface area contributed by atoms with E-state index >= 15 is 0 Å². The van der Waals surface area contributed by atoms with Crippen LogP contribution in [-0.2, 0) is 0 Å². The van der Waals surface area contributed by atoms with Crippen molar-refractivity contribution in [1.29, 1.82) is 5.26 Å². The monoisotopic (exact) mass is 496 g/mol. The van der Waals surface area contributed by atoms with Gasteiger partial charge in [-0.05, 0) is 36.8 Å². The van der Waals surface area contributed by atoms with Crippen LogP contribution in [0.2, 0.25) is 0 Å². The number of carbonyl (C=O) groups is 1. The van der Waals surface area contributed by atoms with E-state index in [0.29, 0.717) is 57.1 Å². The maximum Gasteiger partial charge on any atom is 0.257 e. The van der Waals surface area contributed by atoms with Crippen molar-refractivity contribution in [1.82, 2.24) is 10.2 Å². The normalized spacial score (nSPS) is 14.1. The van der Waals surface area contributed by atoms with Gasteiger partial charge in [0.1, 0.15) is 28.3 Å². The molecule has 0 aliphatic carbocycles. The first-order valence-electron chi connectivity index (χ1n) is 11.1. The molecule has 0 fully saturated rings. The molecule has 1 aromatic heterocycles. The lowest BCUT2D eigenvalue weighted by Gasteiger charge is -2.26. The Labute approximate surface area is 211 Å². The number of carbonyl (C=O) groups excluding carboxylic acids is 1. The maximum absolute atomic E-state index is 12.7. The molecule has 1 atom stereocenters. The second-order valence-electron chi connectivity index (χ2n) is 8.04. The predicted octanol–water partition coefficient (Wildman–Crippen LogP) is 6.06. The summed E-state index contributed by atoms with van der Waals surface area (Å²) in [4.78, 5) is 12.7. The molecule has 8 nitrogen and oxygen atoms in total. The van der Waals surface area contributed by atoms with E-state index in [1.54, 1.807) is 36.4 Å². The summed E-state index contributed by atoms with van der Waals surface area (Å²) < 4.78 is 11.6. The molecule has 2 heterocycles. The van der Waals surface area contributed by atoms with Gasteiger partial charge in [0.15, 0.2) is 0 Å². The highest BCUT2D eigenvalue weighted by Gasteiger charge is 2.26. The molecular formula is C27H20N4O4S. The number of aliphatic hydroxyl groups is 1. The molecule has 4 aromatic rings. The number of nitriles is 1. The Morgan fingerprint density at radius 3 is 2.67 bits per heavy atom. The highest BCUT2D eigenvalue weighted by atomic mass is 32.1. The molecule has 1 aliphatic rings. The first-order chi connectivity index (χ1) is 17.5. The van der Waals surface area contributed by atoms with Gasteiger partial charge in [-0.15, -0.1) is 10.2 Å². The number of fused-ring (bicyclic) bond motifs is 1. The molecule has 0 radical (unpaired) electrons. The van der Waals surface area contributed by atoms with Gasteiger partial charge in [0.05, 0.1) is 17.9 Å². The van der Waals surface area contributed by atoms with Crippen molar-refractivity contribution < 1.29 is 19.4 Å². The van der Waals surface area contributed by atoms with E-state index in [2.05, 4.69) is 28.2 Å². The fraction of sp³-hybridized carbons (Fsp3) is 0.111. The first kappa shape index (κ1) is 23.1. The standard InChI is InChI=1S/C27H20N4O4S/c1-16(32)21-11-12-34-24-14-23(19(15-28)13-22(21)24)35-20-9-7-17(8-10-20)25(33)29-27-31-30-26(36-27)18-5-3-2-4-6-18/h2-10,13-14,21,32H,1,11-12H2,(H,29,31,33). The van der Waals surface area contributed by atoms with Crippen molar-refractivity contribution in [3.8, 4) is 33.9 Å². The summed E-state index contributed by atoms with van der Waals surface area (Å²) in [7, 11) is 0. The number of nitrogens with one attached hydrogen (secondary N) is 1. The molecule has 0 saturated carbocycles. The number of aliphatic hydroxyl groups excluding tert-OH is 1. The van der Waals surface area contributed by atoms with Crippen LogP contribution in [-0.4, -0.2) is 27.8 Å². The molecule has 0 saturated heterocycles. The SMILES string of the molecule is C=C(O)C1CCOc2cc(Oc3ccc(C(=O)Nc4nnc(-c5ccccc5)s4)cc3)c(C#N)cc21. The van der Waals surface area contributed by atoms with Gasteiger partial charge in [0.25, 0.3) is 5.91 Å². The zero-order valence-corrected chi connectivity index (χ0v) is 19.8. The molecule has 36 heavy (non-hydrogen) atoms. The van der Waals surface area contributed by atoms with Gasteiger partial charge in [-0.25, -0.2) is 0 Å². The van der Waals surface area contributed by atoms with Gasteiger partial charge in [0, 0.05) is 28.7 Å². The quantitative estimate of drug-likeness (QED) is 0.312. The number of allylic oxidation sites excluding steroid dienone is 1. The Morgan fingerprint density at radius 2 is 1.94 bits per heavy atom. The average molecular weight is 497 g/mol. The summed E-state index contributed by atoms with van der Waals surface area (Å²) in [6, 6.07) is 21.6. The number of ether oxygens (including phenoxy) is 2. The van der Waals surface area contributed by atoms with E-state index < -0.39 is 0 Å². The lowest BCUT2D eigenvalue weighted by atomic mass is 9.90. The molecule has 0 spiro atoms. The number of rotatable bonds is 6. The van der Waals surface area contributed by atoms with Crippen LogP contribution in [0.4, 0.5) is 5.13 Å². The third kappa shape index (κ3) is 4.76. The summed E-state index contributed by atoms with van der Waals surface area (Å²) in [6.45, 7) is 4.06. The molecule has 1 amide bonds. The Kier molecular flexibility index (Phi) is 6.34. The van der Waals surface area contributed by atoms with Crippen molar-refractivity contribution in [3.63, 3.8) is 0 Å². The lowest BCUT2D eigenvalue weighted by Crippen LogP contribution is -2.16. The number of hydrogen-bond donors (Lipinski definition) is 2. The average Bonchev–Trinajstić information content (AvgIpc) is 3.37. The lowest BCUT2D eigenvalue weighted by molar-refractivity contribution is 0.102. The zero-order valence-electron chi connectivity index (χ0n) is 19.0. The van der Waals surface area contributed by atoms with Gasteiger partial charge in [-0.2, -0.15) is 5.26 Å². The number of anilines is 1. The van der Waals surface area contributed by atoms with Gasteiger partial charge < -0.3 is 14.6 Å². The first-order valence-corrected chi connectivity index (χ1v) is 11.9. The van der Waals surface area contributed by atoms with Gasteiger partial charge in [0.2, 0.25) is 5.13 Å². The van der Waals surface area contributed by atoms with E-state index in [0.717, 1.165) is 5.56 Å². The topological polar surface area (TPSA) is 117 Å². The van der Waals surface area contributed by atoms with Crippen LogP contribution in [0.25, 0.3) is 10.6 Å². The molecule has 1 aliphatic heterocycles. The van der Waals surface area contributed by atoms with Crippen molar-refractivity contribution in [2.24, 2.45) is 0 Å². The van der Waals surface area contributed by atoms with E-state index in [1.165, 1.54) is 11.3 Å². The number of hydrogen-bond acceptors (Lipinski definition) is 8. The van der Waals surface area contributed by atoms with Crippen LogP contribution in [0.5, 0.6) is 17.2 Å². The summed E-state index contributed by atoms with van der Waals surface area (Å²) in [5.74, 6) is 0.732. The van der Waals surface area contributed by atoms with E-state index in [4.69, 9.17) is 9.47 Å².